The second-order valence-corrected chi connectivity index (χ2v) is 6.66. The van der Waals surface area contributed by atoms with Crippen molar-refractivity contribution in [2.24, 2.45) is 5.92 Å². The molecule has 0 spiro atoms. The highest BCUT2D eigenvalue weighted by Crippen LogP contribution is 2.32. The normalized spacial score (nSPS) is 17.2. The van der Waals surface area contributed by atoms with Crippen molar-refractivity contribution in [3.63, 3.8) is 0 Å². The van der Waals surface area contributed by atoms with Gasteiger partial charge in [0.15, 0.2) is 5.76 Å². The topological polar surface area (TPSA) is 54.7 Å². The molecule has 0 radical (unpaired) electrons. The van der Waals surface area contributed by atoms with E-state index in [-0.39, 0.29) is 11.9 Å². The van der Waals surface area contributed by atoms with Crippen LogP contribution in [-0.4, -0.2) is 37.6 Å². The zero-order chi connectivity index (χ0) is 17.6. The molecule has 3 rings (SSSR count). The number of para-hydroxylation sites is 1. The Balaban J connectivity index is 1.77. The van der Waals surface area contributed by atoms with Crippen LogP contribution in [0.4, 0.5) is 0 Å². The first-order valence-electron chi connectivity index (χ1n) is 8.87. The molecule has 1 fully saturated rings. The van der Waals surface area contributed by atoms with Crippen LogP contribution in [0.25, 0.3) is 0 Å². The van der Waals surface area contributed by atoms with Crippen molar-refractivity contribution in [3.05, 3.63) is 54.0 Å². The second kappa shape index (κ2) is 8.21. The van der Waals surface area contributed by atoms with Gasteiger partial charge in [0.2, 0.25) is 0 Å². The molecule has 1 aliphatic rings. The molecule has 1 unspecified atom stereocenters. The molecule has 2 aromatic rings. The predicted molar refractivity (Wildman–Crippen MR) is 96.7 cm³/mol. The average Bonchev–Trinajstić information content (AvgIpc) is 3.18. The molecule has 0 bridgehead atoms. The van der Waals surface area contributed by atoms with E-state index in [9.17, 15) is 4.79 Å². The molecule has 1 atom stereocenters. The minimum Gasteiger partial charge on any atom is -0.496 e. The van der Waals surface area contributed by atoms with Gasteiger partial charge in [-0.05, 0) is 50.0 Å². The Bertz CT molecular complexity index is 676. The fraction of sp³-hybridized carbons (Fsp3) is 0.450. The summed E-state index contributed by atoms with van der Waals surface area (Å²) in [5.41, 5.74) is 1.11. The van der Waals surface area contributed by atoms with Crippen molar-refractivity contribution < 1.29 is 13.9 Å². The van der Waals surface area contributed by atoms with Crippen LogP contribution in [0.3, 0.4) is 0 Å². The summed E-state index contributed by atoms with van der Waals surface area (Å²) < 4.78 is 10.7. The standard InChI is InChI=1S/C20H26N2O3/c1-15-9-11-22(12-10-15)17(16-6-3-4-7-18(16)24-2)14-21-20(23)19-8-5-13-25-19/h3-8,13,15,17H,9-12,14H2,1-2H3,(H,21,23). The maximum absolute atomic E-state index is 12.3. The van der Waals surface area contributed by atoms with Crippen LogP contribution in [0.2, 0.25) is 0 Å². The number of likely N-dealkylation sites (tertiary alicyclic amines) is 1. The fourth-order valence-electron chi connectivity index (χ4n) is 3.40. The first kappa shape index (κ1) is 17.5. The Morgan fingerprint density at radius 2 is 2.04 bits per heavy atom. The van der Waals surface area contributed by atoms with Crippen LogP contribution < -0.4 is 10.1 Å². The van der Waals surface area contributed by atoms with E-state index >= 15 is 0 Å². The molecule has 134 valence electrons. The average molecular weight is 342 g/mol. The number of benzene rings is 1. The van der Waals surface area contributed by atoms with Crippen LogP contribution >= 0.6 is 0 Å². The highest BCUT2D eigenvalue weighted by Gasteiger charge is 2.27. The van der Waals surface area contributed by atoms with E-state index < -0.39 is 0 Å². The van der Waals surface area contributed by atoms with E-state index in [0.29, 0.717) is 12.3 Å². The summed E-state index contributed by atoms with van der Waals surface area (Å²) in [4.78, 5) is 14.7. The number of ether oxygens (including phenoxy) is 1. The van der Waals surface area contributed by atoms with Crippen LogP contribution in [0, 0.1) is 5.92 Å². The number of methoxy groups -OCH3 is 1. The SMILES string of the molecule is COc1ccccc1C(CNC(=O)c1ccco1)N1CCC(C)CC1. The molecule has 1 aromatic carbocycles. The number of hydrogen-bond acceptors (Lipinski definition) is 4. The first-order valence-corrected chi connectivity index (χ1v) is 8.87. The summed E-state index contributed by atoms with van der Waals surface area (Å²) in [7, 11) is 1.69. The van der Waals surface area contributed by atoms with Crippen LogP contribution in [0.15, 0.2) is 47.1 Å². The van der Waals surface area contributed by atoms with E-state index in [1.54, 1.807) is 19.2 Å². The third-order valence-electron chi connectivity index (χ3n) is 4.96. The second-order valence-electron chi connectivity index (χ2n) is 6.66. The summed E-state index contributed by atoms with van der Waals surface area (Å²) in [6.45, 7) is 4.88. The van der Waals surface area contributed by atoms with Gasteiger partial charge in [-0.1, -0.05) is 25.1 Å². The monoisotopic (exact) mass is 342 g/mol. The highest BCUT2D eigenvalue weighted by molar-refractivity contribution is 5.91. The quantitative estimate of drug-likeness (QED) is 0.873. The number of carbonyl (C=O) groups is 1. The van der Waals surface area contributed by atoms with Crippen LogP contribution in [-0.2, 0) is 0 Å². The highest BCUT2D eigenvalue weighted by atomic mass is 16.5. The Morgan fingerprint density at radius 3 is 2.72 bits per heavy atom. The van der Waals surface area contributed by atoms with Gasteiger partial charge in [0.05, 0.1) is 19.4 Å². The minimum atomic E-state index is -0.185. The van der Waals surface area contributed by atoms with Crippen molar-refractivity contribution >= 4 is 5.91 Å². The maximum atomic E-state index is 12.3. The number of nitrogens with zero attached hydrogens (tertiary/aromatic N) is 1. The molecule has 1 N–H and O–H groups in total. The van der Waals surface area contributed by atoms with Gasteiger partial charge in [0.25, 0.3) is 5.91 Å². The number of rotatable bonds is 6. The molecule has 1 aromatic heterocycles. The van der Waals surface area contributed by atoms with Gasteiger partial charge in [-0.3, -0.25) is 9.69 Å². The van der Waals surface area contributed by atoms with Gasteiger partial charge >= 0.3 is 0 Å². The number of furan rings is 1. The van der Waals surface area contributed by atoms with Crippen molar-refractivity contribution in [2.45, 2.75) is 25.8 Å². The molecule has 5 nitrogen and oxygen atoms in total. The summed E-state index contributed by atoms with van der Waals surface area (Å²) in [5.74, 6) is 1.77. The molecule has 5 heteroatoms. The summed E-state index contributed by atoms with van der Waals surface area (Å²) in [5, 5.41) is 3.01. The molecule has 25 heavy (non-hydrogen) atoms. The van der Waals surface area contributed by atoms with E-state index in [1.165, 1.54) is 19.1 Å². The molecule has 1 amide bonds. The number of carbonyl (C=O) groups excluding carboxylic acids is 1. The minimum absolute atomic E-state index is 0.0857. The van der Waals surface area contributed by atoms with Crippen LogP contribution in [0.5, 0.6) is 5.75 Å². The third-order valence-corrected chi connectivity index (χ3v) is 4.96. The van der Waals surface area contributed by atoms with Gasteiger partial charge in [-0.2, -0.15) is 0 Å². The smallest absolute Gasteiger partial charge is 0.287 e. The summed E-state index contributed by atoms with van der Waals surface area (Å²) in [6, 6.07) is 11.5. The maximum Gasteiger partial charge on any atom is 0.287 e. The lowest BCUT2D eigenvalue weighted by Crippen LogP contribution is -2.42. The van der Waals surface area contributed by atoms with Crippen LogP contribution in [0.1, 0.15) is 41.9 Å². The molecular formula is C20H26N2O3. The van der Waals surface area contributed by atoms with Gasteiger partial charge in [0, 0.05) is 12.1 Å². The van der Waals surface area contributed by atoms with Gasteiger partial charge in [-0.25, -0.2) is 0 Å². The number of nitrogens with one attached hydrogen (secondary N) is 1. The van der Waals surface area contributed by atoms with Crippen molar-refractivity contribution in [1.82, 2.24) is 10.2 Å². The lowest BCUT2D eigenvalue weighted by molar-refractivity contribution is 0.0885. The number of hydrogen-bond donors (Lipinski definition) is 1. The fourth-order valence-corrected chi connectivity index (χ4v) is 3.40. The molecule has 0 aliphatic carbocycles. The lowest BCUT2D eigenvalue weighted by Gasteiger charge is -2.37. The van der Waals surface area contributed by atoms with Gasteiger partial charge in [-0.15, -0.1) is 0 Å². The van der Waals surface area contributed by atoms with Crippen molar-refractivity contribution in [3.8, 4) is 5.75 Å². The predicted octanol–water partition coefficient (Wildman–Crippen LogP) is 3.49. The largest absolute Gasteiger partial charge is 0.496 e. The Hall–Kier alpha value is -2.27. The van der Waals surface area contributed by atoms with Gasteiger partial charge < -0.3 is 14.5 Å². The third kappa shape index (κ3) is 4.23. The molecule has 1 saturated heterocycles. The van der Waals surface area contributed by atoms with E-state index in [2.05, 4.69) is 23.2 Å². The number of amides is 1. The van der Waals surface area contributed by atoms with Crippen molar-refractivity contribution in [1.29, 1.82) is 0 Å². The first-order chi connectivity index (χ1) is 12.2. The van der Waals surface area contributed by atoms with E-state index in [0.717, 1.165) is 30.3 Å². The molecule has 1 aliphatic heterocycles. The molecular weight excluding hydrogens is 316 g/mol. The van der Waals surface area contributed by atoms with Crippen molar-refractivity contribution in [2.75, 3.05) is 26.7 Å². The molecule has 2 heterocycles. The molecule has 0 saturated carbocycles. The Kier molecular flexibility index (Phi) is 5.76. The van der Waals surface area contributed by atoms with Gasteiger partial charge in [0.1, 0.15) is 5.75 Å². The van der Waals surface area contributed by atoms with E-state index in [4.69, 9.17) is 9.15 Å². The Morgan fingerprint density at radius 1 is 1.28 bits per heavy atom. The lowest BCUT2D eigenvalue weighted by atomic mass is 9.95. The zero-order valence-electron chi connectivity index (χ0n) is 14.9. The Labute approximate surface area is 149 Å². The van der Waals surface area contributed by atoms with E-state index in [1.807, 2.05) is 18.2 Å². The zero-order valence-corrected chi connectivity index (χ0v) is 14.9. The summed E-state index contributed by atoms with van der Waals surface area (Å²) in [6.07, 6.45) is 3.87. The summed E-state index contributed by atoms with van der Waals surface area (Å²) >= 11 is 0. The number of piperidine rings is 1.